The van der Waals surface area contributed by atoms with Gasteiger partial charge in [-0.25, -0.2) is 4.79 Å². The van der Waals surface area contributed by atoms with E-state index in [9.17, 15) is 22.4 Å². The molecule has 3 rings (SSSR count). The second kappa shape index (κ2) is 10.6. The number of hydrogen-bond acceptors (Lipinski definition) is 6. The van der Waals surface area contributed by atoms with Crippen LogP contribution in [0.15, 0.2) is 61.1 Å². The molecule has 0 aliphatic carbocycles. The van der Waals surface area contributed by atoms with Crippen LogP contribution in [0.4, 0.5) is 17.6 Å². The number of esters is 1. The van der Waals surface area contributed by atoms with Crippen molar-refractivity contribution in [3.63, 3.8) is 0 Å². The zero-order valence-corrected chi connectivity index (χ0v) is 16.8. The van der Waals surface area contributed by atoms with Crippen molar-refractivity contribution in [3.8, 4) is 11.5 Å². The highest BCUT2D eigenvalue weighted by molar-refractivity contribution is 5.88. The van der Waals surface area contributed by atoms with E-state index in [4.69, 9.17) is 0 Å². The Morgan fingerprint density at radius 3 is 2.22 bits per heavy atom. The summed E-state index contributed by atoms with van der Waals surface area (Å²) in [6.45, 7) is -6.44. The van der Waals surface area contributed by atoms with Gasteiger partial charge in [-0.15, -0.1) is 0 Å². The summed E-state index contributed by atoms with van der Waals surface area (Å²) >= 11 is 0. The standard InChI is InChI=1S/C22H18F4N2O4/c1-30-20(29)15-2-4-17(28-12-15)16(10-13-6-8-27-9-7-13)14-3-5-18(31-21(23)24)19(11-14)32-22(25)26/h2-9,11-12,16,21-22H,10H2,1H3. The summed E-state index contributed by atoms with van der Waals surface area (Å²) in [6, 6.07) is 10.5. The van der Waals surface area contributed by atoms with Crippen molar-refractivity contribution in [2.45, 2.75) is 25.6 Å². The largest absolute Gasteiger partial charge is 0.465 e. The van der Waals surface area contributed by atoms with Gasteiger partial charge in [-0.2, -0.15) is 17.6 Å². The van der Waals surface area contributed by atoms with Gasteiger partial charge in [0, 0.05) is 30.2 Å². The highest BCUT2D eigenvalue weighted by Gasteiger charge is 2.22. The fourth-order valence-electron chi connectivity index (χ4n) is 3.12. The van der Waals surface area contributed by atoms with Crippen LogP contribution in [0.1, 0.15) is 33.1 Å². The maximum atomic E-state index is 12.9. The van der Waals surface area contributed by atoms with Gasteiger partial charge in [-0.05, 0) is 53.9 Å². The number of ether oxygens (including phenoxy) is 3. The van der Waals surface area contributed by atoms with Gasteiger partial charge in [0.25, 0.3) is 0 Å². The molecule has 0 fully saturated rings. The summed E-state index contributed by atoms with van der Waals surface area (Å²) in [5.74, 6) is -2.08. The predicted octanol–water partition coefficient (Wildman–Crippen LogP) is 4.84. The molecular weight excluding hydrogens is 432 g/mol. The fourth-order valence-corrected chi connectivity index (χ4v) is 3.12. The highest BCUT2D eigenvalue weighted by Crippen LogP contribution is 2.36. The van der Waals surface area contributed by atoms with Crippen molar-refractivity contribution in [1.29, 1.82) is 0 Å². The van der Waals surface area contributed by atoms with Crippen LogP contribution in [-0.2, 0) is 11.2 Å². The van der Waals surface area contributed by atoms with Crippen molar-refractivity contribution >= 4 is 5.97 Å². The number of carbonyl (C=O) groups is 1. The first-order valence-corrected chi connectivity index (χ1v) is 9.34. The second-order valence-corrected chi connectivity index (χ2v) is 6.54. The first kappa shape index (κ1) is 23.0. The van der Waals surface area contributed by atoms with Crippen LogP contribution in [-0.4, -0.2) is 36.3 Å². The van der Waals surface area contributed by atoms with E-state index in [0.29, 0.717) is 17.7 Å². The maximum absolute atomic E-state index is 12.9. The Balaban J connectivity index is 2.03. The van der Waals surface area contributed by atoms with Gasteiger partial charge >= 0.3 is 19.2 Å². The van der Waals surface area contributed by atoms with E-state index in [1.54, 1.807) is 30.6 Å². The molecule has 1 unspecified atom stereocenters. The van der Waals surface area contributed by atoms with E-state index in [1.165, 1.54) is 31.5 Å². The normalized spacial score (nSPS) is 12.0. The Bertz CT molecular complexity index is 1030. The Labute approximate surface area is 180 Å². The van der Waals surface area contributed by atoms with Gasteiger partial charge < -0.3 is 14.2 Å². The number of benzene rings is 1. The Kier molecular flexibility index (Phi) is 7.58. The Hall–Kier alpha value is -3.69. The molecule has 2 heterocycles. The molecule has 2 aromatic heterocycles. The monoisotopic (exact) mass is 450 g/mol. The maximum Gasteiger partial charge on any atom is 0.387 e. The van der Waals surface area contributed by atoms with Crippen LogP contribution in [0, 0.1) is 0 Å². The number of methoxy groups -OCH3 is 1. The molecular formula is C22H18F4N2O4. The molecule has 0 aliphatic heterocycles. The van der Waals surface area contributed by atoms with E-state index in [2.05, 4.69) is 24.2 Å². The smallest absolute Gasteiger partial charge is 0.387 e. The van der Waals surface area contributed by atoms with Crippen LogP contribution >= 0.6 is 0 Å². The number of pyridine rings is 2. The summed E-state index contributed by atoms with van der Waals surface area (Å²) < 4.78 is 64.4. The number of nitrogens with zero attached hydrogens (tertiary/aromatic N) is 2. The molecule has 3 aromatic rings. The van der Waals surface area contributed by atoms with Crippen molar-refractivity contribution in [3.05, 3.63) is 83.4 Å². The molecule has 1 aromatic carbocycles. The van der Waals surface area contributed by atoms with Gasteiger partial charge in [-0.3, -0.25) is 9.97 Å². The minimum absolute atomic E-state index is 0.237. The summed E-state index contributed by atoms with van der Waals surface area (Å²) in [5, 5.41) is 0. The van der Waals surface area contributed by atoms with Crippen LogP contribution in [0.3, 0.4) is 0 Å². The molecule has 0 N–H and O–H groups in total. The van der Waals surface area contributed by atoms with E-state index >= 15 is 0 Å². The van der Waals surface area contributed by atoms with E-state index in [1.807, 2.05) is 0 Å². The molecule has 0 aliphatic rings. The van der Waals surface area contributed by atoms with Crippen molar-refractivity contribution < 1.29 is 36.6 Å². The van der Waals surface area contributed by atoms with E-state index in [-0.39, 0.29) is 5.56 Å². The van der Waals surface area contributed by atoms with Gasteiger partial charge in [0.05, 0.1) is 12.7 Å². The first-order chi connectivity index (χ1) is 15.4. The number of hydrogen-bond donors (Lipinski definition) is 0. The summed E-state index contributed by atoms with van der Waals surface area (Å²) in [7, 11) is 1.25. The highest BCUT2D eigenvalue weighted by atomic mass is 19.3. The molecule has 32 heavy (non-hydrogen) atoms. The molecule has 0 spiro atoms. The van der Waals surface area contributed by atoms with Crippen LogP contribution < -0.4 is 9.47 Å². The van der Waals surface area contributed by atoms with Crippen LogP contribution in [0.2, 0.25) is 0 Å². The van der Waals surface area contributed by atoms with Crippen LogP contribution in [0.5, 0.6) is 11.5 Å². The van der Waals surface area contributed by atoms with Crippen LogP contribution in [0.25, 0.3) is 0 Å². The minimum atomic E-state index is -3.23. The molecule has 6 nitrogen and oxygen atoms in total. The van der Waals surface area contributed by atoms with Gasteiger partial charge in [0.1, 0.15) is 0 Å². The minimum Gasteiger partial charge on any atom is -0.465 e. The molecule has 0 radical (unpaired) electrons. The van der Waals surface area contributed by atoms with Gasteiger partial charge in [-0.1, -0.05) is 6.07 Å². The topological polar surface area (TPSA) is 70.5 Å². The average molecular weight is 450 g/mol. The lowest BCUT2D eigenvalue weighted by atomic mass is 9.88. The van der Waals surface area contributed by atoms with E-state index < -0.39 is 36.6 Å². The SMILES string of the molecule is COC(=O)c1ccc(C(Cc2ccncc2)c2ccc(OC(F)F)c(OC(F)F)c2)nc1. The lowest BCUT2D eigenvalue weighted by Gasteiger charge is -2.20. The lowest BCUT2D eigenvalue weighted by molar-refractivity contribution is -0.0692. The number of alkyl halides is 4. The molecule has 1 atom stereocenters. The van der Waals surface area contributed by atoms with Crippen molar-refractivity contribution in [2.24, 2.45) is 0 Å². The summed E-state index contributed by atoms with van der Waals surface area (Å²) in [6.07, 6.45) is 4.93. The summed E-state index contributed by atoms with van der Waals surface area (Å²) in [4.78, 5) is 20.0. The lowest BCUT2D eigenvalue weighted by Crippen LogP contribution is -2.11. The van der Waals surface area contributed by atoms with Crippen molar-refractivity contribution in [2.75, 3.05) is 7.11 Å². The Morgan fingerprint density at radius 2 is 1.62 bits per heavy atom. The second-order valence-electron chi connectivity index (χ2n) is 6.54. The average Bonchev–Trinajstić information content (AvgIpc) is 2.78. The molecule has 0 bridgehead atoms. The molecule has 0 amide bonds. The van der Waals surface area contributed by atoms with Gasteiger partial charge in [0.2, 0.25) is 0 Å². The third-order valence-corrected chi connectivity index (χ3v) is 4.56. The fraction of sp³-hybridized carbons (Fsp3) is 0.227. The number of aromatic nitrogens is 2. The first-order valence-electron chi connectivity index (χ1n) is 9.34. The summed E-state index contributed by atoms with van der Waals surface area (Å²) in [5.41, 5.74) is 2.09. The third-order valence-electron chi connectivity index (χ3n) is 4.56. The Morgan fingerprint density at radius 1 is 0.938 bits per heavy atom. The molecule has 0 saturated heterocycles. The number of rotatable bonds is 9. The molecule has 168 valence electrons. The molecule has 0 saturated carbocycles. The van der Waals surface area contributed by atoms with Gasteiger partial charge in [0.15, 0.2) is 11.5 Å². The molecule has 10 heteroatoms. The predicted molar refractivity (Wildman–Crippen MR) is 105 cm³/mol. The van der Waals surface area contributed by atoms with Crippen molar-refractivity contribution in [1.82, 2.24) is 9.97 Å². The third kappa shape index (κ3) is 5.93. The quantitative estimate of drug-likeness (QED) is 0.343. The van der Waals surface area contributed by atoms with E-state index in [0.717, 1.165) is 11.6 Å². The number of halogens is 4. The zero-order chi connectivity index (χ0) is 23.1. The zero-order valence-electron chi connectivity index (χ0n) is 16.8. The number of carbonyl (C=O) groups excluding carboxylic acids is 1.